The molecule has 2 aromatic rings. The van der Waals surface area contributed by atoms with E-state index >= 15 is 0 Å². The molecule has 1 aromatic carbocycles. The average Bonchev–Trinajstić information content (AvgIpc) is 2.91. The summed E-state index contributed by atoms with van der Waals surface area (Å²) in [6.45, 7) is 4.08. The van der Waals surface area contributed by atoms with Gasteiger partial charge in [0.1, 0.15) is 4.90 Å². The highest BCUT2D eigenvalue weighted by molar-refractivity contribution is 7.89. The van der Waals surface area contributed by atoms with E-state index in [9.17, 15) is 8.42 Å². The highest BCUT2D eigenvalue weighted by Gasteiger charge is 2.27. The lowest BCUT2D eigenvalue weighted by molar-refractivity contribution is 0.348. The minimum absolute atomic E-state index is 0.125. The Hall–Kier alpha value is -1.66. The Balaban J connectivity index is 2.31. The van der Waals surface area contributed by atoms with Gasteiger partial charge in [0.05, 0.1) is 6.20 Å². The maximum Gasteiger partial charge on any atom is 0.246 e. The van der Waals surface area contributed by atoms with E-state index in [1.807, 2.05) is 44.2 Å². The van der Waals surface area contributed by atoms with Crippen LogP contribution >= 0.6 is 0 Å². The Morgan fingerprint density at radius 2 is 1.95 bits per heavy atom. The second-order valence-corrected chi connectivity index (χ2v) is 6.45. The van der Waals surface area contributed by atoms with Gasteiger partial charge in [0, 0.05) is 18.8 Å². The molecule has 0 unspecified atom stereocenters. The lowest BCUT2D eigenvalue weighted by atomic mass is 10.2. The SMILES string of the molecule is CC(C)N(Cc1ccccc1)S(=O)(=O)c1cn[nH]c1. The molecule has 0 aliphatic carbocycles. The van der Waals surface area contributed by atoms with Crippen LogP contribution in [0.25, 0.3) is 0 Å². The van der Waals surface area contributed by atoms with E-state index in [0.29, 0.717) is 6.54 Å². The maximum atomic E-state index is 12.5. The second kappa shape index (κ2) is 5.54. The van der Waals surface area contributed by atoms with Crippen LogP contribution in [0.15, 0.2) is 47.6 Å². The average molecular weight is 279 g/mol. The summed E-state index contributed by atoms with van der Waals surface area (Å²) in [7, 11) is -3.52. The molecule has 1 heterocycles. The van der Waals surface area contributed by atoms with Crippen molar-refractivity contribution in [3.63, 3.8) is 0 Å². The predicted molar refractivity (Wildman–Crippen MR) is 72.9 cm³/mol. The molecule has 1 aromatic heterocycles. The molecule has 19 heavy (non-hydrogen) atoms. The van der Waals surface area contributed by atoms with Crippen molar-refractivity contribution in [2.75, 3.05) is 0 Å². The first-order valence-corrected chi connectivity index (χ1v) is 7.50. The molecule has 0 bridgehead atoms. The van der Waals surface area contributed by atoms with Gasteiger partial charge in [0.2, 0.25) is 10.0 Å². The first-order valence-electron chi connectivity index (χ1n) is 6.06. The zero-order valence-corrected chi connectivity index (χ0v) is 11.8. The topological polar surface area (TPSA) is 66.1 Å². The van der Waals surface area contributed by atoms with E-state index in [-0.39, 0.29) is 10.9 Å². The van der Waals surface area contributed by atoms with Crippen LogP contribution in [-0.2, 0) is 16.6 Å². The summed E-state index contributed by atoms with van der Waals surface area (Å²) in [6, 6.07) is 9.42. The van der Waals surface area contributed by atoms with Crippen molar-refractivity contribution in [1.82, 2.24) is 14.5 Å². The number of hydrogen-bond donors (Lipinski definition) is 1. The second-order valence-electron chi connectivity index (χ2n) is 4.56. The number of sulfonamides is 1. The third-order valence-corrected chi connectivity index (χ3v) is 4.82. The van der Waals surface area contributed by atoms with E-state index in [1.54, 1.807) is 0 Å². The highest BCUT2D eigenvalue weighted by Crippen LogP contribution is 2.19. The third kappa shape index (κ3) is 3.02. The molecule has 6 heteroatoms. The molecule has 0 aliphatic rings. The fraction of sp³-hybridized carbons (Fsp3) is 0.308. The zero-order chi connectivity index (χ0) is 13.9. The fourth-order valence-corrected chi connectivity index (χ4v) is 3.36. The lowest BCUT2D eigenvalue weighted by Gasteiger charge is -2.25. The van der Waals surface area contributed by atoms with Crippen LogP contribution in [0.2, 0.25) is 0 Å². The molecule has 0 saturated heterocycles. The molecule has 0 atom stereocenters. The first kappa shape index (κ1) is 13.8. The standard InChI is InChI=1S/C13H17N3O2S/c1-11(2)16(10-12-6-4-3-5-7-12)19(17,18)13-8-14-15-9-13/h3-9,11H,10H2,1-2H3,(H,14,15). The van der Waals surface area contributed by atoms with Crippen molar-refractivity contribution >= 4 is 10.0 Å². The van der Waals surface area contributed by atoms with Gasteiger partial charge in [-0.05, 0) is 19.4 Å². The third-order valence-electron chi connectivity index (χ3n) is 2.84. The molecule has 5 nitrogen and oxygen atoms in total. The van der Waals surface area contributed by atoms with Gasteiger partial charge in [-0.25, -0.2) is 8.42 Å². The number of hydrogen-bond acceptors (Lipinski definition) is 3. The Morgan fingerprint density at radius 3 is 2.47 bits per heavy atom. The van der Waals surface area contributed by atoms with Crippen LogP contribution in [0.5, 0.6) is 0 Å². The normalized spacial score (nSPS) is 12.2. The van der Waals surface area contributed by atoms with Crippen molar-refractivity contribution in [3.05, 3.63) is 48.3 Å². The summed E-state index contributed by atoms with van der Waals surface area (Å²) < 4.78 is 26.5. The number of benzene rings is 1. The van der Waals surface area contributed by atoms with Crippen LogP contribution in [0, 0.1) is 0 Å². The number of aromatic amines is 1. The summed E-state index contributed by atoms with van der Waals surface area (Å²) in [5, 5.41) is 6.24. The van der Waals surface area contributed by atoms with E-state index in [0.717, 1.165) is 5.56 Å². The Morgan fingerprint density at radius 1 is 1.26 bits per heavy atom. The fourth-order valence-electron chi connectivity index (χ4n) is 1.82. The molecular formula is C13H17N3O2S. The van der Waals surface area contributed by atoms with Crippen LogP contribution in [-0.4, -0.2) is 29.0 Å². The summed E-state index contributed by atoms with van der Waals surface area (Å²) in [5.74, 6) is 0. The van der Waals surface area contributed by atoms with Gasteiger partial charge >= 0.3 is 0 Å². The molecule has 0 saturated carbocycles. The quantitative estimate of drug-likeness (QED) is 0.910. The molecule has 0 fully saturated rings. The van der Waals surface area contributed by atoms with Crippen molar-refractivity contribution in [2.45, 2.75) is 31.3 Å². The van der Waals surface area contributed by atoms with E-state index < -0.39 is 10.0 Å². The zero-order valence-electron chi connectivity index (χ0n) is 10.9. The van der Waals surface area contributed by atoms with Gasteiger partial charge < -0.3 is 0 Å². The summed E-state index contributed by atoms with van der Waals surface area (Å²) in [5.41, 5.74) is 0.961. The summed E-state index contributed by atoms with van der Waals surface area (Å²) in [4.78, 5) is 0.192. The van der Waals surface area contributed by atoms with Gasteiger partial charge in [-0.3, -0.25) is 5.10 Å². The molecular weight excluding hydrogens is 262 g/mol. The molecule has 102 valence electrons. The number of H-pyrrole nitrogens is 1. The molecule has 2 rings (SSSR count). The largest absolute Gasteiger partial charge is 0.284 e. The van der Waals surface area contributed by atoms with Gasteiger partial charge in [-0.2, -0.15) is 9.40 Å². The lowest BCUT2D eigenvalue weighted by Crippen LogP contribution is -2.36. The van der Waals surface area contributed by atoms with E-state index in [1.165, 1.54) is 16.7 Å². The molecule has 0 radical (unpaired) electrons. The van der Waals surface area contributed by atoms with Crippen molar-refractivity contribution < 1.29 is 8.42 Å². The van der Waals surface area contributed by atoms with Crippen molar-refractivity contribution in [1.29, 1.82) is 0 Å². The molecule has 0 spiro atoms. The molecule has 1 N–H and O–H groups in total. The molecule has 0 aliphatic heterocycles. The van der Waals surface area contributed by atoms with Gasteiger partial charge in [0.25, 0.3) is 0 Å². The predicted octanol–water partition coefficient (Wildman–Crippen LogP) is 2.01. The van der Waals surface area contributed by atoms with Crippen LogP contribution < -0.4 is 0 Å². The number of aromatic nitrogens is 2. The summed E-state index contributed by atoms with van der Waals surface area (Å²) >= 11 is 0. The first-order chi connectivity index (χ1) is 9.01. The van der Waals surface area contributed by atoms with Gasteiger partial charge in [-0.15, -0.1) is 0 Å². The Kier molecular flexibility index (Phi) is 4.01. The van der Waals surface area contributed by atoms with Crippen LogP contribution in [0.3, 0.4) is 0 Å². The number of nitrogens with zero attached hydrogens (tertiary/aromatic N) is 2. The van der Waals surface area contributed by atoms with Crippen molar-refractivity contribution in [2.24, 2.45) is 0 Å². The maximum absolute atomic E-state index is 12.5. The Bertz CT molecular complexity index is 607. The van der Waals surface area contributed by atoms with Crippen LogP contribution in [0.1, 0.15) is 19.4 Å². The van der Waals surface area contributed by atoms with Gasteiger partial charge in [0.15, 0.2) is 0 Å². The Labute approximate surface area is 113 Å². The number of nitrogens with one attached hydrogen (secondary N) is 1. The van der Waals surface area contributed by atoms with E-state index in [4.69, 9.17) is 0 Å². The molecule has 0 amide bonds. The minimum Gasteiger partial charge on any atom is -0.284 e. The smallest absolute Gasteiger partial charge is 0.246 e. The van der Waals surface area contributed by atoms with Crippen LogP contribution in [0.4, 0.5) is 0 Å². The highest BCUT2D eigenvalue weighted by atomic mass is 32.2. The van der Waals surface area contributed by atoms with E-state index in [2.05, 4.69) is 10.2 Å². The minimum atomic E-state index is -3.52. The monoisotopic (exact) mass is 279 g/mol. The van der Waals surface area contributed by atoms with Crippen molar-refractivity contribution in [3.8, 4) is 0 Å². The number of rotatable bonds is 5. The van der Waals surface area contributed by atoms with Gasteiger partial charge in [-0.1, -0.05) is 30.3 Å². The summed E-state index contributed by atoms with van der Waals surface area (Å²) in [6.07, 6.45) is 2.73.